The van der Waals surface area contributed by atoms with Crippen molar-refractivity contribution >= 4 is 44.8 Å². The number of hydrogen-bond acceptors (Lipinski definition) is 4. The molecule has 2 amide bonds. The second kappa shape index (κ2) is 10.4. The quantitative estimate of drug-likeness (QED) is 0.627. The molecule has 0 radical (unpaired) electrons. The molecule has 2 aromatic rings. The number of thiophene rings is 1. The molecule has 1 atom stereocenters. The van der Waals surface area contributed by atoms with Gasteiger partial charge in [-0.25, -0.2) is 0 Å². The van der Waals surface area contributed by atoms with Gasteiger partial charge in [-0.2, -0.15) is 0 Å². The maximum absolute atomic E-state index is 12.7. The highest BCUT2D eigenvalue weighted by Gasteiger charge is 2.29. The van der Waals surface area contributed by atoms with Crippen molar-refractivity contribution in [3.63, 3.8) is 0 Å². The number of amides is 2. The molecule has 0 spiro atoms. The number of rotatable bonds is 7. The van der Waals surface area contributed by atoms with E-state index < -0.39 is 0 Å². The van der Waals surface area contributed by atoms with Gasteiger partial charge in [0.25, 0.3) is 0 Å². The van der Waals surface area contributed by atoms with Crippen molar-refractivity contribution in [3.8, 4) is 0 Å². The summed E-state index contributed by atoms with van der Waals surface area (Å²) in [7, 11) is 0. The number of likely N-dealkylation sites (tertiary alicyclic amines) is 1. The van der Waals surface area contributed by atoms with Gasteiger partial charge in [0.1, 0.15) is 0 Å². The highest BCUT2D eigenvalue weighted by Crippen LogP contribution is 2.25. The van der Waals surface area contributed by atoms with Gasteiger partial charge in [-0.15, -0.1) is 11.3 Å². The molecular weight excluding hydrogens is 450 g/mol. The zero-order valence-corrected chi connectivity index (χ0v) is 19.3. The van der Waals surface area contributed by atoms with Gasteiger partial charge in [-0.3, -0.25) is 14.5 Å². The summed E-state index contributed by atoms with van der Waals surface area (Å²) in [6.45, 7) is 6.14. The summed E-state index contributed by atoms with van der Waals surface area (Å²) in [5, 5.41) is 8.13. The zero-order chi connectivity index (χ0) is 20.8. The third-order valence-electron chi connectivity index (χ3n) is 5.46. The Morgan fingerprint density at radius 3 is 2.69 bits per heavy atom. The summed E-state index contributed by atoms with van der Waals surface area (Å²) >= 11 is 5.23. The first-order valence-electron chi connectivity index (χ1n) is 10.0. The van der Waals surface area contributed by atoms with Crippen molar-refractivity contribution in [3.05, 3.63) is 50.6 Å². The lowest BCUT2D eigenvalue weighted by Gasteiger charge is -2.34. The zero-order valence-electron chi connectivity index (χ0n) is 16.9. The molecule has 29 heavy (non-hydrogen) atoms. The molecule has 1 aromatic carbocycles. The Labute approximate surface area is 185 Å². The van der Waals surface area contributed by atoms with Crippen LogP contribution in [0.5, 0.6) is 0 Å². The molecule has 1 aromatic heterocycles. The number of nitrogens with zero attached hydrogens (tertiary/aromatic N) is 1. The molecule has 3 rings (SSSR count). The second-order valence-electron chi connectivity index (χ2n) is 7.58. The fourth-order valence-electron chi connectivity index (χ4n) is 3.58. The molecule has 156 valence electrons. The van der Waals surface area contributed by atoms with Gasteiger partial charge < -0.3 is 10.6 Å². The standard InChI is InChI=1S/C22H28BrN3O2S/c1-15-5-6-20(19(23)14-15)25-21(27)16(2)26-11-8-17(9-12-26)22(28)24-10-7-18-4-3-13-29-18/h3-6,13-14,16-17H,7-12H2,1-2H3,(H,24,28)(H,25,27). The molecule has 2 N–H and O–H groups in total. The van der Waals surface area contributed by atoms with Crippen molar-refractivity contribution in [2.24, 2.45) is 5.92 Å². The minimum atomic E-state index is -0.231. The van der Waals surface area contributed by atoms with Crippen molar-refractivity contribution in [1.82, 2.24) is 10.2 Å². The third-order valence-corrected chi connectivity index (χ3v) is 7.05. The van der Waals surface area contributed by atoms with Crippen LogP contribution in [0.4, 0.5) is 5.69 Å². The van der Waals surface area contributed by atoms with Crippen LogP contribution in [-0.2, 0) is 16.0 Å². The van der Waals surface area contributed by atoms with Crippen molar-refractivity contribution in [2.45, 2.75) is 39.2 Å². The van der Waals surface area contributed by atoms with Crippen molar-refractivity contribution in [2.75, 3.05) is 25.0 Å². The van der Waals surface area contributed by atoms with E-state index in [1.165, 1.54) is 4.88 Å². The Balaban J connectivity index is 1.42. The summed E-state index contributed by atoms with van der Waals surface area (Å²) in [5.41, 5.74) is 1.92. The van der Waals surface area contributed by atoms with Crippen LogP contribution in [-0.4, -0.2) is 42.4 Å². The Kier molecular flexibility index (Phi) is 7.86. The average Bonchev–Trinajstić information content (AvgIpc) is 3.23. The van der Waals surface area contributed by atoms with E-state index in [-0.39, 0.29) is 23.8 Å². The van der Waals surface area contributed by atoms with Crippen LogP contribution in [0.25, 0.3) is 0 Å². The molecule has 5 nitrogen and oxygen atoms in total. The van der Waals surface area contributed by atoms with E-state index >= 15 is 0 Å². The van der Waals surface area contributed by atoms with E-state index in [4.69, 9.17) is 0 Å². The lowest BCUT2D eigenvalue weighted by Crippen LogP contribution is -2.48. The number of nitrogens with one attached hydrogen (secondary N) is 2. The van der Waals surface area contributed by atoms with Crippen LogP contribution in [0, 0.1) is 12.8 Å². The molecule has 0 saturated carbocycles. The molecule has 2 heterocycles. The van der Waals surface area contributed by atoms with Gasteiger partial charge in [-0.1, -0.05) is 12.1 Å². The lowest BCUT2D eigenvalue weighted by atomic mass is 9.95. The first kappa shape index (κ1) is 22.0. The van der Waals surface area contributed by atoms with Crippen LogP contribution < -0.4 is 10.6 Å². The molecule has 1 fully saturated rings. The lowest BCUT2D eigenvalue weighted by molar-refractivity contribution is -0.127. The normalized spacial score (nSPS) is 16.4. The van der Waals surface area contributed by atoms with Gasteiger partial charge in [0, 0.05) is 21.8 Å². The Morgan fingerprint density at radius 1 is 1.28 bits per heavy atom. The van der Waals surface area contributed by atoms with Crippen LogP contribution >= 0.6 is 27.3 Å². The summed E-state index contributed by atoms with van der Waals surface area (Å²) < 4.78 is 0.885. The Bertz CT molecular complexity index is 833. The number of piperidine rings is 1. The predicted octanol–water partition coefficient (Wildman–Crippen LogP) is 4.22. The number of anilines is 1. The molecule has 1 aliphatic heterocycles. The molecule has 0 bridgehead atoms. The number of carbonyl (C=O) groups is 2. The van der Waals surface area contributed by atoms with Crippen molar-refractivity contribution in [1.29, 1.82) is 0 Å². The number of hydrogen-bond donors (Lipinski definition) is 2. The fourth-order valence-corrected chi connectivity index (χ4v) is 4.88. The van der Waals surface area contributed by atoms with Gasteiger partial charge in [0.15, 0.2) is 0 Å². The van der Waals surface area contributed by atoms with Gasteiger partial charge in [-0.05, 0) is 91.3 Å². The first-order valence-corrected chi connectivity index (χ1v) is 11.7. The fraction of sp³-hybridized carbons (Fsp3) is 0.455. The summed E-state index contributed by atoms with van der Waals surface area (Å²) in [6.07, 6.45) is 2.46. The largest absolute Gasteiger partial charge is 0.355 e. The molecule has 1 unspecified atom stereocenters. The number of aryl methyl sites for hydroxylation is 1. The van der Waals surface area contributed by atoms with Gasteiger partial charge in [0.2, 0.25) is 11.8 Å². The van der Waals surface area contributed by atoms with Crippen LogP contribution in [0.15, 0.2) is 40.2 Å². The minimum absolute atomic E-state index is 0.0200. The van der Waals surface area contributed by atoms with Crippen LogP contribution in [0.2, 0.25) is 0 Å². The molecule has 7 heteroatoms. The van der Waals surface area contributed by atoms with Crippen LogP contribution in [0.1, 0.15) is 30.2 Å². The monoisotopic (exact) mass is 477 g/mol. The topological polar surface area (TPSA) is 61.4 Å². The van der Waals surface area contributed by atoms with Gasteiger partial charge in [0.05, 0.1) is 11.7 Å². The van der Waals surface area contributed by atoms with Crippen LogP contribution in [0.3, 0.4) is 0 Å². The highest BCUT2D eigenvalue weighted by atomic mass is 79.9. The third kappa shape index (κ3) is 6.14. The Morgan fingerprint density at radius 2 is 2.03 bits per heavy atom. The number of halogens is 1. The molecule has 1 aliphatic rings. The summed E-state index contributed by atoms with van der Waals surface area (Å²) in [6, 6.07) is 9.78. The number of carbonyl (C=O) groups excluding carboxylic acids is 2. The smallest absolute Gasteiger partial charge is 0.241 e. The molecule has 1 saturated heterocycles. The maximum atomic E-state index is 12.7. The van der Waals surface area contributed by atoms with E-state index in [1.807, 2.05) is 38.1 Å². The van der Waals surface area contributed by atoms with Gasteiger partial charge >= 0.3 is 0 Å². The first-order chi connectivity index (χ1) is 13.9. The van der Waals surface area contributed by atoms with E-state index in [0.717, 1.165) is 48.1 Å². The molecular formula is C22H28BrN3O2S. The second-order valence-corrected chi connectivity index (χ2v) is 9.47. The number of benzene rings is 1. The summed E-state index contributed by atoms with van der Waals surface area (Å²) in [5.74, 6) is 0.159. The summed E-state index contributed by atoms with van der Waals surface area (Å²) in [4.78, 5) is 28.5. The van der Waals surface area contributed by atoms with E-state index in [2.05, 4.69) is 42.9 Å². The maximum Gasteiger partial charge on any atom is 0.241 e. The van der Waals surface area contributed by atoms with E-state index in [0.29, 0.717) is 6.54 Å². The van der Waals surface area contributed by atoms with Crippen molar-refractivity contribution < 1.29 is 9.59 Å². The predicted molar refractivity (Wildman–Crippen MR) is 122 cm³/mol. The highest BCUT2D eigenvalue weighted by molar-refractivity contribution is 9.10. The molecule has 0 aliphatic carbocycles. The average molecular weight is 478 g/mol. The van der Waals surface area contributed by atoms with E-state index in [9.17, 15) is 9.59 Å². The van der Waals surface area contributed by atoms with E-state index in [1.54, 1.807) is 11.3 Å². The SMILES string of the molecule is Cc1ccc(NC(=O)C(C)N2CCC(C(=O)NCCc3cccs3)CC2)c(Br)c1. The minimum Gasteiger partial charge on any atom is -0.355 e. The Hall–Kier alpha value is -1.70.